The number of aromatic nitrogens is 4. The highest BCUT2D eigenvalue weighted by molar-refractivity contribution is 6.08. The average molecular weight is 455 g/mol. The first kappa shape index (κ1) is 21.2. The first-order chi connectivity index (χ1) is 16.5. The molecular weight excluding hydrogens is 434 g/mol. The number of ether oxygens (including phenoxy) is 2. The van der Waals surface area contributed by atoms with Crippen molar-refractivity contribution in [2.45, 2.75) is 13.5 Å². The number of pyridine rings is 1. The molecule has 9 nitrogen and oxygen atoms in total. The fraction of sp³-hybridized carbons (Fsp3) is 0.120. The number of fused-ring (bicyclic) bond motifs is 2. The molecule has 0 bridgehead atoms. The third-order valence-corrected chi connectivity index (χ3v) is 5.32. The first-order valence-electron chi connectivity index (χ1n) is 10.6. The highest BCUT2D eigenvalue weighted by Crippen LogP contribution is 2.31. The van der Waals surface area contributed by atoms with Gasteiger partial charge in [0.2, 0.25) is 0 Å². The van der Waals surface area contributed by atoms with Gasteiger partial charge in [-0.15, -0.1) is 0 Å². The molecule has 0 atom stereocenters. The molecule has 1 amide bonds. The lowest BCUT2D eigenvalue weighted by atomic mass is 10.2. The molecule has 0 saturated carbocycles. The van der Waals surface area contributed by atoms with Gasteiger partial charge in [-0.05, 0) is 31.2 Å². The van der Waals surface area contributed by atoms with Gasteiger partial charge in [0, 0.05) is 35.1 Å². The zero-order valence-electron chi connectivity index (χ0n) is 18.5. The first-order valence-corrected chi connectivity index (χ1v) is 10.6. The van der Waals surface area contributed by atoms with E-state index in [1.54, 1.807) is 32.2 Å². The number of aryl methyl sites for hydroxylation is 1. The van der Waals surface area contributed by atoms with E-state index in [1.807, 2.05) is 36.4 Å². The lowest BCUT2D eigenvalue weighted by Crippen LogP contribution is -2.17. The Labute approximate surface area is 194 Å². The number of hydrogen-bond acceptors (Lipinski definition) is 6. The van der Waals surface area contributed by atoms with E-state index in [1.165, 1.54) is 16.8 Å². The molecule has 0 aliphatic heterocycles. The molecule has 0 saturated heterocycles. The van der Waals surface area contributed by atoms with Gasteiger partial charge in [0.15, 0.2) is 17.1 Å². The Morgan fingerprint density at radius 1 is 1.06 bits per heavy atom. The van der Waals surface area contributed by atoms with Crippen LogP contribution >= 0.6 is 0 Å². The number of aromatic amines is 1. The summed E-state index contributed by atoms with van der Waals surface area (Å²) in [5.41, 5.74) is 2.90. The molecule has 0 unspecified atom stereocenters. The van der Waals surface area contributed by atoms with Crippen molar-refractivity contribution < 1.29 is 14.3 Å². The van der Waals surface area contributed by atoms with Gasteiger partial charge in [0.25, 0.3) is 11.5 Å². The summed E-state index contributed by atoms with van der Waals surface area (Å²) in [6.07, 6.45) is 1.45. The molecule has 2 N–H and O–H groups in total. The van der Waals surface area contributed by atoms with E-state index >= 15 is 0 Å². The van der Waals surface area contributed by atoms with E-state index in [2.05, 4.69) is 20.4 Å². The molecule has 5 rings (SSSR count). The molecule has 3 aromatic heterocycles. The van der Waals surface area contributed by atoms with Gasteiger partial charge < -0.3 is 14.8 Å². The number of anilines is 1. The van der Waals surface area contributed by atoms with Crippen LogP contribution < -0.4 is 20.3 Å². The predicted octanol–water partition coefficient (Wildman–Crippen LogP) is 3.72. The summed E-state index contributed by atoms with van der Waals surface area (Å²) in [5, 5.41) is 6.64. The Morgan fingerprint density at radius 3 is 2.76 bits per heavy atom. The van der Waals surface area contributed by atoms with Crippen LogP contribution in [-0.2, 0) is 6.61 Å². The van der Waals surface area contributed by atoms with Crippen molar-refractivity contribution in [3.63, 3.8) is 0 Å². The minimum atomic E-state index is -0.413. The fourth-order valence-corrected chi connectivity index (χ4v) is 3.67. The van der Waals surface area contributed by atoms with Crippen LogP contribution in [0.25, 0.3) is 16.6 Å². The number of hydrogen-bond donors (Lipinski definition) is 2. The Kier molecular flexibility index (Phi) is 5.43. The van der Waals surface area contributed by atoms with Crippen LogP contribution in [0.1, 0.15) is 21.7 Å². The van der Waals surface area contributed by atoms with Gasteiger partial charge in [-0.2, -0.15) is 0 Å². The van der Waals surface area contributed by atoms with Crippen LogP contribution in [0.2, 0.25) is 0 Å². The summed E-state index contributed by atoms with van der Waals surface area (Å²) in [5.74, 6) is 0.567. The average Bonchev–Trinajstić information content (AvgIpc) is 3.27. The van der Waals surface area contributed by atoms with E-state index < -0.39 is 5.91 Å². The summed E-state index contributed by atoms with van der Waals surface area (Å²) in [4.78, 5) is 33.9. The maximum Gasteiger partial charge on any atom is 0.272 e. The highest BCUT2D eigenvalue weighted by Gasteiger charge is 2.16. The van der Waals surface area contributed by atoms with E-state index in [0.717, 1.165) is 16.6 Å². The summed E-state index contributed by atoms with van der Waals surface area (Å²) in [6.45, 7) is 1.93. The lowest BCUT2D eigenvalue weighted by Gasteiger charge is -2.13. The zero-order chi connectivity index (χ0) is 23.7. The van der Waals surface area contributed by atoms with Crippen LogP contribution in [0.3, 0.4) is 0 Å². The number of H-pyrrole nitrogens is 1. The highest BCUT2D eigenvalue weighted by atomic mass is 16.5. The molecule has 0 spiro atoms. The second-order valence-corrected chi connectivity index (χ2v) is 7.69. The summed E-state index contributed by atoms with van der Waals surface area (Å²) < 4.78 is 12.6. The molecule has 2 aromatic carbocycles. The molecule has 0 aliphatic carbocycles. The Balaban J connectivity index is 1.37. The van der Waals surface area contributed by atoms with Gasteiger partial charge in [-0.3, -0.25) is 14.7 Å². The van der Waals surface area contributed by atoms with Gasteiger partial charge in [-0.1, -0.05) is 24.3 Å². The smallest absolute Gasteiger partial charge is 0.272 e. The molecule has 0 aliphatic rings. The van der Waals surface area contributed by atoms with Crippen LogP contribution in [-0.4, -0.2) is 32.6 Å². The molecule has 5 aromatic rings. The second-order valence-electron chi connectivity index (χ2n) is 7.69. The molecule has 0 radical (unpaired) electrons. The van der Waals surface area contributed by atoms with E-state index in [4.69, 9.17) is 9.47 Å². The SMILES string of the molecule is COc1ccc(NC(=O)c2c[nH]n3c(=O)cc(C)nc23)cc1OCc1ccc2ccccc2n1. The number of methoxy groups -OCH3 is 1. The van der Waals surface area contributed by atoms with Crippen molar-refractivity contribution in [2.75, 3.05) is 12.4 Å². The largest absolute Gasteiger partial charge is 0.493 e. The molecule has 0 fully saturated rings. The maximum absolute atomic E-state index is 12.9. The van der Waals surface area contributed by atoms with Crippen LogP contribution in [0.5, 0.6) is 11.5 Å². The van der Waals surface area contributed by atoms with Crippen molar-refractivity contribution in [3.8, 4) is 11.5 Å². The molecule has 170 valence electrons. The number of carbonyl (C=O) groups is 1. The standard InChI is InChI=1S/C25H21N5O4/c1-15-11-23(31)30-24(27-15)19(13-26-30)25(32)29-17-9-10-21(33-2)22(12-17)34-14-18-8-7-16-5-3-4-6-20(16)28-18/h3-13,26H,14H2,1-2H3,(H,29,32). The van der Waals surface area contributed by atoms with Crippen molar-refractivity contribution in [1.82, 2.24) is 19.6 Å². The summed E-state index contributed by atoms with van der Waals surface area (Å²) >= 11 is 0. The Hall–Kier alpha value is -4.66. The van der Waals surface area contributed by atoms with Crippen LogP contribution in [0, 0.1) is 6.92 Å². The van der Waals surface area contributed by atoms with Crippen molar-refractivity contribution in [1.29, 1.82) is 0 Å². The number of rotatable bonds is 6. The van der Waals surface area contributed by atoms with Gasteiger partial charge in [-0.25, -0.2) is 14.5 Å². The quantitative estimate of drug-likeness (QED) is 0.404. The maximum atomic E-state index is 12.9. The number of benzene rings is 2. The van der Waals surface area contributed by atoms with Gasteiger partial charge in [0.05, 0.1) is 18.3 Å². The number of nitrogens with one attached hydrogen (secondary N) is 2. The lowest BCUT2D eigenvalue weighted by molar-refractivity contribution is 0.102. The van der Waals surface area contributed by atoms with E-state index in [9.17, 15) is 9.59 Å². The number of nitrogens with zero attached hydrogens (tertiary/aromatic N) is 3. The normalized spacial score (nSPS) is 11.0. The molecule has 3 heterocycles. The zero-order valence-corrected chi connectivity index (χ0v) is 18.5. The number of carbonyl (C=O) groups excluding carboxylic acids is 1. The minimum Gasteiger partial charge on any atom is -0.493 e. The summed E-state index contributed by atoms with van der Waals surface area (Å²) in [6, 6.07) is 18.3. The predicted molar refractivity (Wildman–Crippen MR) is 128 cm³/mol. The number of amides is 1. The third-order valence-electron chi connectivity index (χ3n) is 5.32. The summed E-state index contributed by atoms with van der Waals surface area (Å²) in [7, 11) is 1.55. The van der Waals surface area contributed by atoms with Gasteiger partial charge in [0.1, 0.15) is 12.2 Å². The van der Waals surface area contributed by atoms with E-state index in [-0.39, 0.29) is 23.4 Å². The second kappa shape index (κ2) is 8.70. The van der Waals surface area contributed by atoms with E-state index in [0.29, 0.717) is 22.9 Å². The molecule has 9 heteroatoms. The molecule has 34 heavy (non-hydrogen) atoms. The minimum absolute atomic E-state index is 0.229. The monoisotopic (exact) mass is 455 g/mol. The van der Waals surface area contributed by atoms with Crippen LogP contribution in [0.4, 0.5) is 5.69 Å². The Morgan fingerprint density at radius 2 is 1.91 bits per heavy atom. The molecular formula is C25H21N5O4. The third kappa shape index (κ3) is 4.06. The van der Waals surface area contributed by atoms with Crippen molar-refractivity contribution in [2.24, 2.45) is 0 Å². The van der Waals surface area contributed by atoms with Crippen molar-refractivity contribution >= 4 is 28.1 Å². The van der Waals surface area contributed by atoms with Crippen LogP contribution in [0.15, 0.2) is 71.7 Å². The fourth-order valence-electron chi connectivity index (χ4n) is 3.67. The Bertz CT molecular complexity index is 1590. The topological polar surface area (TPSA) is 111 Å². The number of para-hydroxylation sites is 1. The van der Waals surface area contributed by atoms with Crippen molar-refractivity contribution in [3.05, 3.63) is 94.2 Å². The van der Waals surface area contributed by atoms with Gasteiger partial charge >= 0.3 is 0 Å².